The van der Waals surface area contributed by atoms with Gasteiger partial charge in [-0.1, -0.05) is 15.9 Å². The first-order valence-corrected chi connectivity index (χ1v) is 8.02. The van der Waals surface area contributed by atoms with E-state index in [1.165, 1.54) is 25.7 Å². The molecule has 0 spiro atoms. The van der Waals surface area contributed by atoms with E-state index in [4.69, 9.17) is 0 Å². The third-order valence-electron chi connectivity index (χ3n) is 3.97. The molecule has 4 nitrogen and oxygen atoms in total. The lowest BCUT2D eigenvalue weighted by Gasteiger charge is -2.36. The molecule has 19 heavy (non-hydrogen) atoms. The first-order valence-electron chi connectivity index (χ1n) is 6.90. The van der Waals surface area contributed by atoms with Crippen molar-refractivity contribution in [2.24, 2.45) is 7.05 Å². The molecule has 1 saturated heterocycles. The monoisotopic (exact) mass is 322 g/mol. The van der Waals surface area contributed by atoms with Gasteiger partial charge in [-0.05, 0) is 31.7 Å². The number of alkyl halides is 1. The van der Waals surface area contributed by atoms with E-state index in [9.17, 15) is 0 Å². The molecular weight excluding hydrogens is 304 g/mol. The van der Waals surface area contributed by atoms with E-state index in [-0.39, 0.29) is 0 Å². The van der Waals surface area contributed by atoms with Gasteiger partial charge in [0.1, 0.15) is 5.52 Å². The highest BCUT2D eigenvalue weighted by atomic mass is 79.9. The van der Waals surface area contributed by atoms with Crippen molar-refractivity contribution < 1.29 is 0 Å². The van der Waals surface area contributed by atoms with Gasteiger partial charge in [-0.15, -0.1) is 0 Å². The zero-order chi connectivity index (χ0) is 13.2. The first-order chi connectivity index (χ1) is 9.31. The number of piperidine rings is 1. The summed E-state index contributed by atoms with van der Waals surface area (Å²) >= 11 is 3.57. The van der Waals surface area contributed by atoms with E-state index in [1.54, 1.807) is 0 Å². The largest absolute Gasteiger partial charge is 0.352 e. The predicted octanol–water partition coefficient (Wildman–Crippen LogP) is 3.11. The van der Waals surface area contributed by atoms with E-state index in [0.29, 0.717) is 6.04 Å². The molecule has 2 aromatic heterocycles. The summed E-state index contributed by atoms with van der Waals surface area (Å²) in [5.74, 6) is 1.06. The number of aryl methyl sites for hydroxylation is 1. The number of fused-ring (bicyclic) bond motifs is 1. The molecule has 5 heteroatoms. The van der Waals surface area contributed by atoms with Crippen molar-refractivity contribution in [1.82, 2.24) is 14.5 Å². The molecular formula is C14H19BrN4. The van der Waals surface area contributed by atoms with Crippen molar-refractivity contribution >= 4 is 32.8 Å². The fourth-order valence-corrected chi connectivity index (χ4v) is 3.49. The molecule has 1 fully saturated rings. The minimum absolute atomic E-state index is 0.591. The van der Waals surface area contributed by atoms with Crippen molar-refractivity contribution in [3.8, 4) is 0 Å². The van der Waals surface area contributed by atoms with E-state index in [2.05, 4.69) is 35.4 Å². The highest BCUT2D eigenvalue weighted by Crippen LogP contribution is 2.30. The Bertz CT molecular complexity index is 564. The Morgan fingerprint density at radius 3 is 3.11 bits per heavy atom. The summed E-state index contributed by atoms with van der Waals surface area (Å²) in [5.41, 5.74) is 2.19. The smallest absolute Gasteiger partial charge is 0.156 e. The molecule has 3 heterocycles. The van der Waals surface area contributed by atoms with Gasteiger partial charge >= 0.3 is 0 Å². The van der Waals surface area contributed by atoms with Crippen molar-refractivity contribution in [2.45, 2.75) is 31.7 Å². The number of hydrogen-bond acceptors (Lipinski definition) is 3. The molecule has 0 aliphatic carbocycles. The Labute approximate surface area is 122 Å². The van der Waals surface area contributed by atoms with Crippen LogP contribution >= 0.6 is 15.9 Å². The Morgan fingerprint density at radius 1 is 1.37 bits per heavy atom. The van der Waals surface area contributed by atoms with Gasteiger partial charge in [0.2, 0.25) is 0 Å². The van der Waals surface area contributed by atoms with E-state index in [1.807, 2.05) is 25.6 Å². The number of aromatic nitrogens is 3. The van der Waals surface area contributed by atoms with Gasteiger partial charge in [-0.25, -0.2) is 9.97 Å². The molecule has 0 saturated carbocycles. The second kappa shape index (κ2) is 5.49. The molecule has 0 N–H and O–H groups in total. The topological polar surface area (TPSA) is 34.0 Å². The maximum absolute atomic E-state index is 4.61. The maximum atomic E-state index is 4.61. The summed E-state index contributed by atoms with van der Waals surface area (Å²) in [6.07, 6.45) is 8.79. The van der Waals surface area contributed by atoms with Crippen LogP contribution in [-0.2, 0) is 7.05 Å². The van der Waals surface area contributed by atoms with Gasteiger partial charge in [0.25, 0.3) is 0 Å². The first kappa shape index (κ1) is 12.9. The molecule has 0 amide bonds. The highest BCUT2D eigenvalue weighted by Gasteiger charge is 2.25. The second-order valence-corrected chi connectivity index (χ2v) is 5.97. The molecule has 1 atom stereocenters. The fourth-order valence-electron chi connectivity index (χ4n) is 2.96. The number of anilines is 1. The summed E-state index contributed by atoms with van der Waals surface area (Å²) in [6.45, 7) is 1.10. The minimum atomic E-state index is 0.591. The van der Waals surface area contributed by atoms with Gasteiger partial charge < -0.3 is 9.47 Å². The highest BCUT2D eigenvalue weighted by molar-refractivity contribution is 9.09. The van der Waals surface area contributed by atoms with Crippen LogP contribution in [0.5, 0.6) is 0 Å². The molecule has 1 aliphatic rings. The molecule has 0 radical (unpaired) electrons. The van der Waals surface area contributed by atoms with Crippen LogP contribution in [0.2, 0.25) is 0 Å². The van der Waals surface area contributed by atoms with E-state index in [0.717, 1.165) is 28.7 Å². The fraction of sp³-hybridized carbons (Fsp3) is 0.571. The van der Waals surface area contributed by atoms with Crippen LogP contribution < -0.4 is 4.90 Å². The lowest BCUT2D eigenvalue weighted by Crippen LogP contribution is -2.40. The van der Waals surface area contributed by atoms with E-state index < -0.39 is 0 Å². The van der Waals surface area contributed by atoms with Gasteiger partial charge in [0, 0.05) is 31.2 Å². The molecule has 2 aromatic rings. The van der Waals surface area contributed by atoms with Crippen LogP contribution in [0.15, 0.2) is 18.6 Å². The van der Waals surface area contributed by atoms with Crippen LogP contribution in [0.1, 0.15) is 25.7 Å². The van der Waals surface area contributed by atoms with Crippen molar-refractivity contribution in [2.75, 3.05) is 16.8 Å². The zero-order valence-corrected chi connectivity index (χ0v) is 12.8. The van der Waals surface area contributed by atoms with Crippen molar-refractivity contribution in [1.29, 1.82) is 0 Å². The Morgan fingerprint density at radius 2 is 2.26 bits per heavy atom. The Kier molecular flexibility index (Phi) is 3.73. The maximum Gasteiger partial charge on any atom is 0.156 e. The van der Waals surface area contributed by atoms with Crippen LogP contribution in [0.25, 0.3) is 11.0 Å². The summed E-state index contributed by atoms with van der Waals surface area (Å²) < 4.78 is 2.06. The van der Waals surface area contributed by atoms with Crippen LogP contribution in [0.4, 0.5) is 5.82 Å². The van der Waals surface area contributed by atoms with Crippen LogP contribution in [0, 0.1) is 0 Å². The van der Waals surface area contributed by atoms with Gasteiger partial charge in [0.05, 0.1) is 11.8 Å². The molecule has 102 valence electrons. The summed E-state index contributed by atoms with van der Waals surface area (Å²) in [6, 6.07) is 2.63. The quantitative estimate of drug-likeness (QED) is 0.814. The number of pyridine rings is 1. The summed E-state index contributed by atoms with van der Waals surface area (Å²) in [7, 11) is 2.03. The normalized spacial score (nSPS) is 20.1. The number of halogens is 1. The lowest BCUT2D eigenvalue weighted by atomic mass is 10.00. The Hall–Kier alpha value is -1.10. The van der Waals surface area contributed by atoms with Crippen LogP contribution in [0.3, 0.4) is 0 Å². The van der Waals surface area contributed by atoms with Gasteiger partial charge in [0.15, 0.2) is 5.82 Å². The van der Waals surface area contributed by atoms with Crippen LogP contribution in [-0.4, -0.2) is 32.5 Å². The third-order valence-corrected chi connectivity index (χ3v) is 4.42. The average Bonchev–Trinajstić information content (AvgIpc) is 2.82. The number of hydrogen-bond donors (Lipinski definition) is 0. The number of rotatable bonds is 3. The van der Waals surface area contributed by atoms with Gasteiger partial charge in [-0.3, -0.25) is 0 Å². The summed E-state index contributed by atoms with van der Waals surface area (Å²) in [4.78, 5) is 11.6. The van der Waals surface area contributed by atoms with E-state index >= 15 is 0 Å². The third kappa shape index (κ3) is 2.36. The molecule has 1 unspecified atom stereocenters. The summed E-state index contributed by atoms with van der Waals surface area (Å²) in [5, 5.41) is 1.05. The standard InChI is InChI=1S/C14H19BrN4/c1-18-10-17-13-12(18)6-8-16-14(13)19-9-3-2-4-11(19)5-7-15/h6,8,10-11H,2-5,7,9H2,1H3. The zero-order valence-electron chi connectivity index (χ0n) is 11.2. The molecule has 3 rings (SSSR count). The Balaban J connectivity index is 2.01. The minimum Gasteiger partial charge on any atom is -0.352 e. The van der Waals surface area contributed by atoms with Gasteiger partial charge in [-0.2, -0.15) is 0 Å². The number of nitrogens with zero attached hydrogens (tertiary/aromatic N) is 4. The molecule has 1 aliphatic heterocycles. The second-order valence-electron chi connectivity index (χ2n) is 5.18. The lowest BCUT2D eigenvalue weighted by molar-refractivity contribution is 0.450. The van der Waals surface area contributed by atoms with Crippen molar-refractivity contribution in [3.05, 3.63) is 18.6 Å². The SMILES string of the molecule is Cn1cnc2c(N3CCCCC3CCBr)nccc21. The molecule has 0 aromatic carbocycles. The predicted molar refractivity (Wildman–Crippen MR) is 81.9 cm³/mol. The number of imidazole rings is 1. The van der Waals surface area contributed by atoms with Crippen molar-refractivity contribution in [3.63, 3.8) is 0 Å². The molecule has 0 bridgehead atoms. The average molecular weight is 323 g/mol.